The van der Waals surface area contributed by atoms with E-state index in [2.05, 4.69) is 24.0 Å². The molecule has 0 radical (unpaired) electrons. The van der Waals surface area contributed by atoms with Crippen LogP contribution in [0.15, 0.2) is 24.3 Å². The van der Waals surface area contributed by atoms with E-state index in [0.717, 1.165) is 37.2 Å². The standard InChI is InChI=1S/C23H35NO5/c1-3-4-5-6-16-7-20(28-2)11-21(8-16)29-15-19(25)14-24-12-17-9-22(26)23(27)10-18(17)13-24/h5-8,11,17-19,22-23,25-27H,3-4,9-10,12-15H2,1-2H3/b6-5+/t17-,18+,19?,22+,23-. The molecule has 1 aliphatic carbocycles. The van der Waals surface area contributed by atoms with Crippen LogP contribution in [0.5, 0.6) is 11.5 Å². The average molecular weight is 406 g/mol. The lowest BCUT2D eigenvalue weighted by atomic mass is 9.79. The largest absolute Gasteiger partial charge is 0.497 e. The van der Waals surface area contributed by atoms with Gasteiger partial charge in [-0.3, -0.25) is 0 Å². The van der Waals surface area contributed by atoms with Crippen LogP contribution in [0.4, 0.5) is 0 Å². The van der Waals surface area contributed by atoms with Gasteiger partial charge in [0.05, 0.1) is 19.3 Å². The fourth-order valence-electron chi connectivity index (χ4n) is 4.47. The molecule has 5 atom stereocenters. The summed E-state index contributed by atoms with van der Waals surface area (Å²) < 4.78 is 11.2. The number of hydrogen-bond acceptors (Lipinski definition) is 6. The van der Waals surface area contributed by atoms with E-state index in [4.69, 9.17) is 9.47 Å². The maximum absolute atomic E-state index is 10.5. The summed E-state index contributed by atoms with van der Waals surface area (Å²) >= 11 is 0. The van der Waals surface area contributed by atoms with E-state index in [-0.39, 0.29) is 6.61 Å². The van der Waals surface area contributed by atoms with Crippen LogP contribution in [-0.4, -0.2) is 71.9 Å². The molecule has 3 N–H and O–H groups in total. The molecule has 6 nitrogen and oxygen atoms in total. The van der Waals surface area contributed by atoms with Crippen molar-refractivity contribution in [2.24, 2.45) is 11.8 Å². The van der Waals surface area contributed by atoms with Crippen LogP contribution in [0.3, 0.4) is 0 Å². The van der Waals surface area contributed by atoms with Crippen molar-refractivity contribution >= 4 is 6.08 Å². The van der Waals surface area contributed by atoms with Gasteiger partial charge in [-0.1, -0.05) is 25.5 Å². The monoisotopic (exact) mass is 405 g/mol. The Labute approximate surface area is 173 Å². The molecule has 1 saturated heterocycles. The minimum Gasteiger partial charge on any atom is -0.497 e. The summed E-state index contributed by atoms with van der Waals surface area (Å²) in [5, 5.41) is 30.2. The molecule has 6 heteroatoms. The van der Waals surface area contributed by atoms with Crippen LogP contribution < -0.4 is 9.47 Å². The van der Waals surface area contributed by atoms with E-state index in [9.17, 15) is 15.3 Å². The van der Waals surface area contributed by atoms with E-state index in [0.29, 0.717) is 37.0 Å². The number of fused-ring (bicyclic) bond motifs is 1. The summed E-state index contributed by atoms with van der Waals surface area (Å²) in [5.41, 5.74) is 1.02. The van der Waals surface area contributed by atoms with Crippen molar-refractivity contribution in [3.8, 4) is 11.5 Å². The molecule has 0 amide bonds. The van der Waals surface area contributed by atoms with Crippen molar-refractivity contribution in [2.75, 3.05) is 33.4 Å². The summed E-state index contributed by atoms with van der Waals surface area (Å²) in [4.78, 5) is 2.22. The Morgan fingerprint density at radius 2 is 1.76 bits per heavy atom. The molecule has 0 aromatic heterocycles. The van der Waals surface area contributed by atoms with Gasteiger partial charge in [0, 0.05) is 25.7 Å². The molecule has 2 fully saturated rings. The lowest BCUT2D eigenvalue weighted by Crippen LogP contribution is -2.38. The summed E-state index contributed by atoms with van der Waals surface area (Å²) in [6.45, 7) is 4.61. The van der Waals surface area contributed by atoms with Crippen molar-refractivity contribution in [2.45, 2.75) is 50.9 Å². The van der Waals surface area contributed by atoms with Gasteiger partial charge in [-0.2, -0.15) is 0 Å². The molecule has 1 heterocycles. The molecule has 1 unspecified atom stereocenters. The Morgan fingerprint density at radius 1 is 1.10 bits per heavy atom. The first-order valence-corrected chi connectivity index (χ1v) is 10.7. The third-order valence-corrected chi connectivity index (χ3v) is 6.00. The second-order valence-corrected chi connectivity index (χ2v) is 8.44. The zero-order chi connectivity index (χ0) is 20.8. The number of β-amino-alcohol motifs (C(OH)–C–C–N with tert-alkyl or cyclic N) is 1. The number of methoxy groups -OCH3 is 1. The predicted molar refractivity (Wildman–Crippen MR) is 113 cm³/mol. The second-order valence-electron chi connectivity index (χ2n) is 8.44. The van der Waals surface area contributed by atoms with Gasteiger partial charge in [0.1, 0.15) is 24.2 Å². The van der Waals surface area contributed by atoms with Gasteiger partial charge >= 0.3 is 0 Å². The van der Waals surface area contributed by atoms with Crippen LogP contribution in [0.1, 0.15) is 38.2 Å². The normalized spacial score (nSPS) is 28.4. The fraction of sp³-hybridized carbons (Fsp3) is 0.652. The predicted octanol–water partition coefficient (Wildman–Crippen LogP) is 2.31. The lowest BCUT2D eigenvalue weighted by Gasteiger charge is -2.32. The summed E-state index contributed by atoms with van der Waals surface area (Å²) in [5.74, 6) is 2.21. The lowest BCUT2D eigenvalue weighted by molar-refractivity contribution is -0.0372. The highest BCUT2D eigenvalue weighted by Gasteiger charge is 2.41. The summed E-state index contributed by atoms with van der Waals surface area (Å²) in [7, 11) is 1.63. The number of aliphatic hydroxyl groups is 3. The number of benzene rings is 1. The Balaban J connectivity index is 1.50. The molecule has 162 valence electrons. The van der Waals surface area contributed by atoms with Gasteiger partial charge in [0.15, 0.2) is 0 Å². The first-order chi connectivity index (χ1) is 14.0. The van der Waals surface area contributed by atoms with Gasteiger partial charge in [-0.05, 0) is 48.8 Å². The maximum atomic E-state index is 10.5. The topological polar surface area (TPSA) is 82.4 Å². The van der Waals surface area contributed by atoms with Crippen LogP contribution in [-0.2, 0) is 0 Å². The highest BCUT2D eigenvalue weighted by molar-refractivity contribution is 5.55. The van der Waals surface area contributed by atoms with Gasteiger partial charge in [-0.25, -0.2) is 0 Å². The minimum atomic E-state index is -0.613. The molecule has 1 aromatic rings. The molecule has 3 rings (SSSR count). The third kappa shape index (κ3) is 6.19. The molecule has 0 bridgehead atoms. The number of likely N-dealkylation sites (tertiary alicyclic amines) is 1. The maximum Gasteiger partial charge on any atom is 0.123 e. The number of hydrogen-bond donors (Lipinski definition) is 3. The Bertz CT molecular complexity index is 661. The number of aliphatic hydroxyl groups excluding tert-OH is 3. The van der Waals surface area contributed by atoms with Crippen molar-refractivity contribution < 1.29 is 24.8 Å². The smallest absolute Gasteiger partial charge is 0.123 e. The SMILES string of the molecule is CCC/C=C/c1cc(OC)cc(OCC(O)CN2C[C@H]3C[C@H](O)[C@H](O)C[C@H]3C2)c1. The number of unbranched alkanes of at least 4 members (excludes halogenated alkanes) is 1. The zero-order valence-electron chi connectivity index (χ0n) is 17.5. The van der Waals surface area contributed by atoms with Crippen molar-refractivity contribution in [3.63, 3.8) is 0 Å². The molecule has 0 spiro atoms. The van der Waals surface area contributed by atoms with Gasteiger partial charge in [-0.15, -0.1) is 0 Å². The van der Waals surface area contributed by atoms with Crippen LogP contribution in [0.2, 0.25) is 0 Å². The van der Waals surface area contributed by atoms with Gasteiger partial charge in [0.2, 0.25) is 0 Å². The first kappa shape index (κ1) is 22.1. The average Bonchev–Trinajstić information content (AvgIpc) is 3.07. The number of allylic oxidation sites excluding steroid dienone is 1. The Morgan fingerprint density at radius 3 is 2.38 bits per heavy atom. The molecule has 2 aliphatic rings. The second kappa shape index (κ2) is 10.4. The zero-order valence-corrected chi connectivity index (χ0v) is 17.5. The molecule has 29 heavy (non-hydrogen) atoms. The molecular formula is C23H35NO5. The van der Waals surface area contributed by atoms with E-state index in [1.807, 2.05) is 18.2 Å². The van der Waals surface area contributed by atoms with E-state index < -0.39 is 18.3 Å². The molecular weight excluding hydrogens is 370 g/mol. The van der Waals surface area contributed by atoms with Crippen LogP contribution in [0, 0.1) is 11.8 Å². The molecule has 1 saturated carbocycles. The van der Waals surface area contributed by atoms with Crippen LogP contribution >= 0.6 is 0 Å². The third-order valence-electron chi connectivity index (χ3n) is 6.00. The van der Waals surface area contributed by atoms with Gasteiger partial charge < -0.3 is 29.7 Å². The molecule has 1 aromatic carbocycles. The Kier molecular flexibility index (Phi) is 7.95. The summed E-state index contributed by atoms with van der Waals surface area (Å²) in [6.07, 6.45) is 5.79. The summed E-state index contributed by atoms with van der Waals surface area (Å²) in [6, 6.07) is 5.75. The number of nitrogens with zero attached hydrogens (tertiary/aromatic N) is 1. The van der Waals surface area contributed by atoms with Crippen molar-refractivity contribution in [3.05, 3.63) is 29.8 Å². The van der Waals surface area contributed by atoms with Crippen molar-refractivity contribution in [1.82, 2.24) is 4.90 Å². The Hall–Kier alpha value is -1.60. The minimum absolute atomic E-state index is 0.211. The quantitative estimate of drug-likeness (QED) is 0.585. The number of ether oxygens (including phenoxy) is 2. The molecule has 1 aliphatic heterocycles. The fourth-order valence-corrected chi connectivity index (χ4v) is 4.47. The van der Waals surface area contributed by atoms with E-state index >= 15 is 0 Å². The van der Waals surface area contributed by atoms with Crippen molar-refractivity contribution in [1.29, 1.82) is 0 Å². The highest BCUT2D eigenvalue weighted by Crippen LogP contribution is 2.36. The van der Waals surface area contributed by atoms with Crippen LogP contribution in [0.25, 0.3) is 6.08 Å². The number of rotatable bonds is 9. The van der Waals surface area contributed by atoms with E-state index in [1.165, 1.54) is 0 Å². The van der Waals surface area contributed by atoms with Gasteiger partial charge in [0.25, 0.3) is 0 Å². The first-order valence-electron chi connectivity index (χ1n) is 10.7. The van der Waals surface area contributed by atoms with E-state index in [1.54, 1.807) is 7.11 Å². The highest BCUT2D eigenvalue weighted by atomic mass is 16.5.